The fourth-order valence-electron chi connectivity index (χ4n) is 5.33. The lowest BCUT2D eigenvalue weighted by Gasteiger charge is -2.37. The molecule has 1 unspecified atom stereocenters. The van der Waals surface area contributed by atoms with Crippen molar-refractivity contribution >= 4 is 29.1 Å². The van der Waals surface area contributed by atoms with Crippen LogP contribution in [-0.2, 0) is 11.0 Å². The number of carbonyl (C=O) groups is 2. The first-order valence-electron chi connectivity index (χ1n) is 11.7. The maximum absolute atomic E-state index is 15.2. The van der Waals surface area contributed by atoms with Crippen molar-refractivity contribution in [2.24, 2.45) is 17.6 Å². The van der Waals surface area contributed by atoms with Crippen molar-refractivity contribution in [1.29, 1.82) is 0 Å². The predicted octanol–water partition coefficient (Wildman–Crippen LogP) is 5.46. The Morgan fingerprint density at radius 1 is 1.19 bits per heavy atom. The van der Waals surface area contributed by atoms with E-state index in [1.807, 2.05) is 13.8 Å². The van der Waals surface area contributed by atoms with Crippen LogP contribution in [0.1, 0.15) is 54.1 Å². The van der Waals surface area contributed by atoms with Crippen molar-refractivity contribution in [1.82, 2.24) is 4.90 Å². The van der Waals surface area contributed by atoms with Gasteiger partial charge in [0.15, 0.2) is 0 Å². The SMILES string of the molecule is CN(C(=O)[C@@H]1CN(CC2CC2)C(C)(C)C1c1cccc(Cl)c1F)c1ccc(C(N)=O)c(C(F)(F)F)c1. The van der Waals surface area contributed by atoms with E-state index in [1.54, 1.807) is 12.1 Å². The highest BCUT2D eigenvalue weighted by Gasteiger charge is 2.53. The summed E-state index contributed by atoms with van der Waals surface area (Å²) in [4.78, 5) is 28.7. The molecule has 0 radical (unpaired) electrons. The van der Waals surface area contributed by atoms with E-state index in [1.165, 1.54) is 19.2 Å². The van der Waals surface area contributed by atoms with Gasteiger partial charge in [-0.1, -0.05) is 23.7 Å². The van der Waals surface area contributed by atoms with E-state index in [0.29, 0.717) is 18.0 Å². The molecule has 1 saturated heterocycles. The molecule has 10 heteroatoms. The standard InChI is InChI=1S/C26H28ClF4N3O2/c1-25(2)21(17-5-4-6-20(27)22(17)28)18(13-34(25)12-14-7-8-14)24(36)33(3)15-9-10-16(23(32)35)19(11-15)26(29,30)31/h4-6,9-11,14,18,21H,7-8,12-13H2,1-3H3,(H2,32,35)/t18-,21?/m1/s1. The number of anilines is 1. The van der Waals surface area contributed by atoms with Crippen LogP contribution in [0.4, 0.5) is 23.2 Å². The summed E-state index contributed by atoms with van der Waals surface area (Å²) in [5.74, 6) is -3.08. The third-order valence-corrected chi connectivity index (χ3v) is 7.79. The first-order chi connectivity index (χ1) is 16.7. The number of alkyl halides is 3. The molecule has 0 spiro atoms. The third-order valence-electron chi connectivity index (χ3n) is 7.50. The highest BCUT2D eigenvalue weighted by atomic mass is 35.5. The minimum Gasteiger partial charge on any atom is -0.366 e. The molecular formula is C26H28ClF4N3O2. The monoisotopic (exact) mass is 525 g/mol. The van der Waals surface area contributed by atoms with Gasteiger partial charge in [0.05, 0.1) is 22.1 Å². The molecule has 1 aliphatic heterocycles. The number of amides is 2. The Labute approximate surface area is 212 Å². The number of hydrogen-bond acceptors (Lipinski definition) is 3. The number of halogens is 5. The summed E-state index contributed by atoms with van der Waals surface area (Å²) in [7, 11) is 1.38. The van der Waals surface area contributed by atoms with Crippen LogP contribution < -0.4 is 10.6 Å². The molecule has 1 heterocycles. The van der Waals surface area contributed by atoms with Crippen molar-refractivity contribution in [2.75, 3.05) is 25.0 Å². The maximum atomic E-state index is 15.2. The summed E-state index contributed by atoms with van der Waals surface area (Å²) in [6.45, 7) is 4.99. The van der Waals surface area contributed by atoms with Gasteiger partial charge < -0.3 is 10.6 Å². The summed E-state index contributed by atoms with van der Waals surface area (Å²) in [6.07, 6.45) is -2.66. The molecular weight excluding hydrogens is 498 g/mol. The smallest absolute Gasteiger partial charge is 0.366 e. The number of nitrogens with zero attached hydrogens (tertiary/aromatic N) is 2. The normalized spacial score (nSPS) is 22.0. The van der Waals surface area contributed by atoms with Crippen LogP contribution in [0.5, 0.6) is 0 Å². The summed E-state index contributed by atoms with van der Waals surface area (Å²) < 4.78 is 56.1. The molecule has 0 bridgehead atoms. The van der Waals surface area contributed by atoms with Gasteiger partial charge in [-0.15, -0.1) is 0 Å². The van der Waals surface area contributed by atoms with Gasteiger partial charge in [0, 0.05) is 37.3 Å². The van der Waals surface area contributed by atoms with E-state index in [9.17, 15) is 22.8 Å². The second kappa shape index (κ2) is 9.34. The van der Waals surface area contributed by atoms with Gasteiger partial charge in [-0.3, -0.25) is 14.5 Å². The molecule has 0 aromatic heterocycles. The van der Waals surface area contributed by atoms with Gasteiger partial charge in [0.2, 0.25) is 11.8 Å². The molecule has 2 amide bonds. The molecule has 1 aliphatic carbocycles. The topological polar surface area (TPSA) is 66.6 Å². The molecule has 2 N–H and O–H groups in total. The maximum Gasteiger partial charge on any atom is 0.417 e. The Morgan fingerprint density at radius 3 is 2.44 bits per heavy atom. The number of benzene rings is 2. The number of rotatable bonds is 6. The van der Waals surface area contributed by atoms with E-state index >= 15 is 4.39 Å². The summed E-state index contributed by atoms with van der Waals surface area (Å²) in [6, 6.07) is 7.64. The second-order valence-corrected chi connectivity index (χ2v) is 10.6. The van der Waals surface area contributed by atoms with Gasteiger partial charge in [-0.05, 0) is 62.4 Å². The lowest BCUT2D eigenvalue weighted by Crippen LogP contribution is -2.43. The quantitative estimate of drug-likeness (QED) is 0.509. The first-order valence-corrected chi connectivity index (χ1v) is 12.1. The lowest BCUT2D eigenvalue weighted by molar-refractivity contribution is -0.138. The summed E-state index contributed by atoms with van der Waals surface area (Å²) in [5.41, 5.74) is 2.88. The van der Waals surface area contributed by atoms with Gasteiger partial charge in [0.1, 0.15) is 5.82 Å². The molecule has 5 nitrogen and oxygen atoms in total. The Kier molecular flexibility index (Phi) is 6.85. The molecule has 1 saturated carbocycles. The minimum absolute atomic E-state index is 0.0407. The van der Waals surface area contributed by atoms with Gasteiger partial charge in [-0.2, -0.15) is 13.2 Å². The predicted molar refractivity (Wildman–Crippen MR) is 129 cm³/mol. The first kappa shape index (κ1) is 26.4. The highest BCUT2D eigenvalue weighted by molar-refractivity contribution is 6.30. The number of likely N-dealkylation sites (tertiary alicyclic amines) is 1. The number of carbonyl (C=O) groups excluding carboxylic acids is 2. The Balaban J connectivity index is 1.74. The van der Waals surface area contributed by atoms with Crippen LogP contribution in [0.2, 0.25) is 5.02 Å². The fraction of sp³-hybridized carbons (Fsp3) is 0.462. The van der Waals surface area contributed by atoms with Crippen LogP contribution in [0.15, 0.2) is 36.4 Å². The van der Waals surface area contributed by atoms with Crippen LogP contribution in [0.25, 0.3) is 0 Å². The zero-order valence-corrected chi connectivity index (χ0v) is 21.0. The van der Waals surface area contributed by atoms with Crippen molar-refractivity contribution in [2.45, 2.75) is 44.3 Å². The van der Waals surface area contributed by atoms with Crippen molar-refractivity contribution in [3.63, 3.8) is 0 Å². The average molecular weight is 526 g/mol. The summed E-state index contributed by atoms with van der Waals surface area (Å²) in [5, 5.41) is -0.0552. The number of nitrogens with two attached hydrogens (primary N) is 1. The van der Waals surface area contributed by atoms with Crippen LogP contribution in [0.3, 0.4) is 0 Å². The van der Waals surface area contributed by atoms with Crippen molar-refractivity contribution in [3.8, 4) is 0 Å². The lowest BCUT2D eigenvalue weighted by atomic mass is 9.76. The Morgan fingerprint density at radius 2 is 1.86 bits per heavy atom. The van der Waals surface area contributed by atoms with Gasteiger partial charge in [0.25, 0.3) is 0 Å². The molecule has 194 valence electrons. The van der Waals surface area contributed by atoms with E-state index in [4.69, 9.17) is 17.3 Å². The highest BCUT2D eigenvalue weighted by Crippen LogP contribution is 2.49. The largest absolute Gasteiger partial charge is 0.417 e. The van der Waals surface area contributed by atoms with Crippen LogP contribution >= 0.6 is 11.6 Å². The fourth-order valence-corrected chi connectivity index (χ4v) is 5.52. The van der Waals surface area contributed by atoms with E-state index in [-0.39, 0.29) is 10.7 Å². The zero-order valence-electron chi connectivity index (χ0n) is 20.2. The van der Waals surface area contributed by atoms with Crippen LogP contribution in [-0.4, -0.2) is 42.4 Å². The zero-order chi connectivity index (χ0) is 26.6. The second-order valence-electron chi connectivity index (χ2n) is 10.2. The van der Waals surface area contributed by atoms with E-state index in [2.05, 4.69) is 4.90 Å². The average Bonchev–Trinajstić information content (AvgIpc) is 3.58. The Hall–Kier alpha value is -2.65. The summed E-state index contributed by atoms with van der Waals surface area (Å²) >= 11 is 6.07. The van der Waals surface area contributed by atoms with E-state index < -0.39 is 52.3 Å². The minimum atomic E-state index is -4.84. The molecule has 2 fully saturated rings. The van der Waals surface area contributed by atoms with Crippen molar-refractivity contribution < 1.29 is 27.2 Å². The van der Waals surface area contributed by atoms with Gasteiger partial charge in [-0.25, -0.2) is 4.39 Å². The molecule has 4 rings (SSSR count). The molecule has 2 aliphatic rings. The molecule has 2 aromatic rings. The third kappa shape index (κ3) is 4.83. The van der Waals surface area contributed by atoms with Crippen LogP contribution in [0, 0.1) is 17.7 Å². The number of primary amides is 1. The van der Waals surface area contributed by atoms with Gasteiger partial charge >= 0.3 is 6.18 Å². The Bertz CT molecular complexity index is 1200. The molecule has 2 atom stereocenters. The number of hydrogen-bond donors (Lipinski definition) is 1. The van der Waals surface area contributed by atoms with Crippen molar-refractivity contribution in [3.05, 3.63) is 63.9 Å². The molecule has 2 aromatic carbocycles. The molecule has 36 heavy (non-hydrogen) atoms. The van der Waals surface area contributed by atoms with E-state index in [0.717, 1.165) is 36.4 Å².